The van der Waals surface area contributed by atoms with Crippen LogP contribution < -0.4 is 10.1 Å². The number of methoxy groups -OCH3 is 1. The lowest BCUT2D eigenvalue weighted by Gasteiger charge is -2.08. The van der Waals surface area contributed by atoms with Crippen molar-refractivity contribution >= 4 is 0 Å². The molecule has 0 aliphatic carbocycles. The van der Waals surface area contributed by atoms with Crippen molar-refractivity contribution in [1.29, 1.82) is 0 Å². The molecule has 0 radical (unpaired) electrons. The number of rotatable bonds is 7. The van der Waals surface area contributed by atoms with E-state index in [1.807, 2.05) is 35.1 Å². The molecule has 1 aromatic carbocycles. The van der Waals surface area contributed by atoms with E-state index in [4.69, 9.17) is 4.74 Å². The molecule has 4 heteroatoms. The van der Waals surface area contributed by atoms with Gasteiger partial charge in [0.15, 0.2) is 0 Å². The van der Waals surface area contributed by atoms with E-state index >= 15 is 0 Å². The fourth-order valence-electron chi connectivity index (χ4n) is 2.14. The third-order valence-corrected chi connectivity index (χ3v) is 3.43. The Balaban J connectivity index is 2.11. The van der Waals surface area contributed by atoms with Gasteiger partial charge in [-0.3, -0.25) is 0 Å². The van der Waals surface area contributed by atoms with Gasteiger partial charge in [-0.05, 0) is 32.0 Å². The van der Waals surface area contributed by atoms with Gasteiger partial charge in [-0.15, -0.1) is 0 Å². The molecular formula is C16H23N3O. The second kappa shape index (κ2) is 7.10. The number of nitrogens with zero attached hydrogens (tertiary/aromatic N) is 2. The third-order valence-electron chi connectivity index (χ3n) is 3.43. The summed E-state index contributed by atoms with van der Waals surface area (Å²) in [4.78, 5) is 0. The minimum Gasteiger partial charge on any atom is -0.497 e. The van der Waals surface area contributed by atoms with Gasteiger partial charge in [0.2, 0.25) is 0 Å². The van der Waals surface area contributed by atoms with Crippen molar-refractivity contribution < 1.29 is 4.74 Å². The monoisotopic (exact) mass is 273 g/mol. The topological polar surface area (TPSA) is 39.1 Å². The molecule has 0 atom stereocenters. The zero-order valence-electron chi connectivity index (χ0n) is 12.5. The highest BCUT2D eigenvalue weighted by Crippen LogP contribution is 2.18. The Labute approximate surface area is 120 Å². The highest BCUT2D eigenvalue weighted by molar-refractivity contribution is 5.40. The van der Waals surface area contributed by atoms with Gasteiger partial charge >= 0.3 is 0 Å². The van der Waals surface area contributed by atoms with Crippen LogP contribution in [0.25, 0.3) is 5.69 Å². The number of ether oxygens (including phenoxy) is 1. The van der Waals surface area contributed by atoms with Crippen molar-refractivity contribution in [2.24, 2.45) is 0 Å². The van der Waals surface area contributed by atoms with Gasteiger partial charge in [0.25, 0.3) is 0 Å². The zero-order valence-corrected chi connectivity index (χ0v) is 12.5. The molecule has 0 amide bonds. The van der Waals surface area contributed by atoms with Crippen molar-refractivity contribution in [3.63, 3.8) is 0 Å². The molecule has 1 heterocycles. The lowest BCUT2D eigenvalue weighted by Crippen LogP contribution is -2.14. The lowest BCUT2D eigenvalue weighted by molar-refractivity contribution is 0.414. The second-order valence-corrected chi connectivity index (χ2v) is 4.90. The van der Waals surface area contributed by atoms with Crippen LogP contribution in [0, 0.1) is 6.92 Å². The van der Waals surface area contributed by atoms with Crippen molar-refractivity contribution in [3.05, 3.63) is 41.7 Å². The summed E-state index contributed by atoms with van der Waals surface area (Å²) in [6, 6.07) is 7.95. The first-order valence-corrected chi connectivity index (χ1v) is 7.15. The number of unbranched alkanes of at least 4 members (excludes halogenated alkanes) is 1. The molecule has 20 heavy (non-hydrogen) atoms. The van der Waals surface area contributed by atoms with Gasteiger partial charge in [0.05, 0.1) is 19.0 Å². The van der Waals surface area contributed by atoms with Gasteiger partial charge in [-0.25, -0.2) is 4.68 Å². The fourth-order valence-corrected chi connectivity index (χ4v) is 2.14. The summed E-state index contributed by atoms with van der Waals surface area (Å²) in [6.07, 6.45) is 4.37. The van der Waals surface area contributed by atoms with Gasteiger partial charge in [0, 0.05) is 23.9 Å². The Kier molecular flexibility index (Phi) is 5.18. The average molecular weight is 273 g/mol. The van der Waals surface area contributed by atoms with Crippen LogP contribution >= 0.6 is 0 Å². The Morgan fingerprint density at radius 3 is 2.95 bits per heavy atom. The minimum atomic E-state index is 0.847. The molecule has 0 aliphatic heterocycles. The van der Waals surface area contributed by atoms with E-state index < -0.39 is 0 Å². The average Bonchev–Trinajstić information content (AvgIpc) is 2.85. The summed E-state index contributed by atoms with van der Waals surface area (Å²) in [5.74, 6) is 0.847. The smallest absolute Gasteiger partial charge is 0.121 e. The number of benzene rings is 1. The van der Waals surface area contributed by atoms with E-state index in [0.29, 0.717) is 0 Å². The van der Waals surface area contributed by atoms with Crippen molar-refractivity contribution in [3.8, 4) is 11.4 Å². The second-order valence-electron chi connectivity index (χ2n) is 4.90. The summed E-state index contributed by atoms with van der Waals surface area (Å²) in [7, 11) is 1.68. The summed E-state index contributed by atoms with van der Waals surface area (Å²) in [5.41, 5.74) is 3.44. The Hall–Kier alpha value is -1.81. The molecule has 0 saturated heterocycles. The largest absolute Gasteiger partial charge is 0.497 e. The summed E-state index contributed by atoms with van der Waals surface area (Å²) < 4.78 is 7.22. The van der Waals surface area contributed by atoms with Crippen LogP contribution in [0.15, 0.2) is 30.5 Å². The lowest BCUT2D eigenvalue weighted by atomic mass is 10.2. The van der Waals surface area contributed by atoms with Gasteiger partial charge in [0.1, 0.15) is 5.75 Å². The van der Waals surface area contributed by atoms with E-state index in [9.17, 15) is 0 Å². The van der Waals surface area contributed by atoms with Gasteiger partial charge < -0.3 is 10.1 Å². The van der Waals surface area contributed by atoms with Crippen LogP contribution in [0.5, 0.6) is 5.75 Å². The van der Waals surface area contributed by atoms with Crippen molar-refractivity contribution in [2.45, 2.75) is 33.2 Å². The molecule has 1 aromatic heterocycles. The van der Waals surface area contributed by atoms with Crippen molar-refractivity contribution in [1.82, 2.24) is 15.1 Å². The Bertz CT molecular complexity index is 548. The van der Waals surface area contributed by atoms with Crippen LogP contribution in [0.2, 0.25) is 0 Å². The first-order chi connectivity index (χ1) is 9.76. The molecule has 0 fully saturated rings. The molecule has 2 rings (SSSR count). The maximum atomic E-state index is 5.26. The Morgan fingerprint density at radius 1 is 1.35 bits per heavy atom. The third kappa shape index (κ3) is 3.39. The predicted octanol–water partition coefficient (Wildman–Crippen LogP) is 3.08. The van der Waals surface area contributed by atoms with E-state index in [0.717, 1.165) is 24.5 Å². The number of nitrogens with one attached hydrogen (secondary N) is 1. The molecule has 2 aromatic rings. The zero-order chi connectivity index (χ0) is 14.4. The maximum absolute atomic E-state index is 5.26. The van der Waals surface area contributed by atoms with Crippen LogP contribution in [0.1, 0.15) is 31.0 Å². The normalized spacial score (nSPS) is 10.8. The molecule has 0 unspecified atom stereocenters. The molecular weight excluding hydrogens is 250 g/mol. The molecule has 0 aliphatic rings. The van der Waals surface area contributed by atoms with Crippen molar-refractivity contribution in [2.75, 3.05) is 13.7 Å². The van der Waals surface area contributed by atoms with Crippen LogP contribution in [-0.4, -0.2) is 23.4 Å². The first kappa shape index (κ1) is 14.6. The summed E-state index contributed by atoms with van der Waals surface area (Å²) in [6.45, 7) is 6.23. The van der Waals surface area contributed by atoms with Crippen LogP contribution in [0.4, 0.5) is 0 Å². The highest BCUT2D eigenvalue weighted by atomic mass is 16.5. The Morgan fingerprint density at radius 2 is 2.20 bits per heavy atom. The molecule has 1 N–H and O–H groups in total. The first-order valence-electron chi connectivity index (χ1n) is 7.15. The van der Waals surface area contributed by atoms with Gasteiger partial charge in [-0.2, -0.15) is 5.10 Å². The van der Waals surface area contributed by atoms with Gasteiger partial charge in [-0.1, -0.05) is 19.4 Å². The quantitative estimate of drug-likeness (QED) is 0.788. The predicted molar refractivity (Wildman–Crippen MR) is 81.5 cm³/mol. The van der Waals surface area contributed by atoms with Crippen LogP contribution in [-0.2, 0) is 6.54 Å². The number of aromatic nitrogens is 2. The molecule has 4 nitrogen and oxygen atoms in total. The molecule has 108 valence electrons. The molecule has 0 bridgehead atoms. The summed E-state index contributed by atoms with van der Waals surface area (Å²) in [5, 5.41) is 7.93. The molecule has 0 spiro atoms. The van der Waals surface area contributed by atoms with Crippen LogP contribution in [0.3, 0.4) is 0 Å². The number of hydrogen-bond donors (Lipinski definition) is 1. The standard InChI is InChI=1S/C16H23N3O/c1-4-5-9-17-11-14-12-18-19(13(14)2)15-7-6-8-16(10-15)20-3/h6-8,10,12,17H,4-5,9,11H2,1-3H3. The maximum Gasteiger partial charge on any atom is 0.121 e. The van der Waals surface area contributed by atoms with E-state index in [-0.39, 0.29) is 0 Å². The minimum absolute atomic E-state index is 0.847. The SMILES string of the molecule is CCCCNCc1cnn(-c2cccc(OC)c2)c1C. The number of hydrogen-bond acceptors (Lipinski definition) is 3. The fraction of sp³-hybridized carbons (Fsp3) is 0.438. The highest BCUT2D eigenvalue weighted by Gasteiger charge is 2.08. The summed E-state index contributed by atoms with van der Waals surface area (Å²) >= 11 is 0. The molecule has 0 saturated carbocycles. The van der Waals surface area contributed by atoms with E-state index in [1.54, 1.807) is 7.11 Å². The van der Waals surface area contributed by atoms with E-state index in [2.05, 4.69) is 24.3 Å². The van der Waals surface area contributed by atoms with E-state index in [1.165, 1.54) is 24.1 Å².